The molecule has 0 aliphatic rings. The number of halogens is 1. The van der Waals surface area contributed by atoms with Crippen LogP contribution < -0.4 is 11.3 Å². The highest BCUT2D eigenvalue weighted by molar-refractivity contribution is 5.99. The van der Waals surface area contributed by atoms with E-state index in [4.69, 9.17) is 11.1 Å². The number of amides is 1. The summed E-state index contributed by atoms with van der Waals surface area (Å²) in [7, 11) is 0. The molecule has 1 aromatic rings. The summed E-state index contributed by atoms with van der Waals surface area (Å²) in [5.74, 6) is 4.32. The average molecular weight is 264 g/mol. The minimum atomic E-state index is -0.586. The molecular weight excluding hydrogens is 247 g/mol. The molecule has 19 heavy (non-hydrogen) atoms. The molecule has 102 valence electrons. The van der Waals surface area contributed by atoms with Gasteiger partial charge in [-0.25, -0.2) is 4.39 Å². The van der Waals surface area contributed by atoms with Gasteiger partial charge in [-0.05, 0) is 26.0 Å². The maximum Gasteiger partial charge on any atom is 0.256 e. The van der Waals surface area contributed by atoms with E-state index in [9.17, 15) is 9.18 Å². The third-order valence-corrected chi connectivity index (χ3v) is 2.74. The van der Waals surface area contributed by atoms with Gasteiger partial charge in [0.15, 0.2) is 0 Å². The molecule has 0 aliphatic carbocycles. The van der Waals surface area contributed by atoms with Crippen molar-refractivity contribution in [3.63, 3.8) is 0 Å². The molecular formula is C13H17FN4O. The number of anilines is 1. The number of carbonyl (C=O) groups is 1. The first kappa shape index (κ1) is 14.9. The summed E-state index contributed by atoms with van der Waals surface area (Å²) in [5, 5.41) is 8.61. The molecule has 1 aromatic carbocycles. The number of nitriles is 1. The Bertz CT molecular complexity index is 496. The van der Waals surface area contributed by atoms with E-state index in [2.05, 4.69) is 5.43 Å². The summed E-state index contributed by atoms with van der Waals surface area (Å²) >= 11 is 0. The molecule has 0 heterocycles. The molecule has 1 amide bonds. The first-order valence-corrected chi connectivity index (χ1v) is 5.96. The van der Waals surface area contributed by atoms with E-state index in [1.165, 1.54) is 23.1 Å². The Morgan fingerprint density at radius 2 is 2.26 bits per heavy atom. The number of carbonyl (C=O) groups excluding carboxylic acids is 1. The van der Waals surface area contributed by atoms with Crippen LogP contribution in [0.5, 0.6) is 0 Å². The zero-order valence-corrected chi connectivity index (χ0v) is 11.0. The van der Waals surface area contributed by atoms with Crippen molar-refractivity contribution in [1.82, 2.24) is 4.90 Å². The number of hydrogen-bond donors (Lipinski definition) is 2. The van der Waals surface area contributed by atoms with E-state index in [-0.39, 0.29) is 29.6 Å². The van der Waals surface area contributed by atoms with Crippen LogP contribution in [0.2, 0.25) is 0 Å². The van der Waals surface area contributed by atoms with Crippen LogP contribution in [0.15, 0.2) is 18.2 Å². The summed E-state index contributed by atoms with van der Waals surface area (Å²) in [5.41, 5.74) is 2.34. The van der Waals surface area contributed by atoms with Crippen LogP contribution in [-0.2, 0) is 0 Å². The van der Waals surface area contributed by atoms with Gasteiger partial charge >= 0.3 is 0 Å². The molecule has 0 atom stereocenters. The van der Waals surface area contributed by atoms with Crippen molar-refractivity contribution in [2.24, 2.45) is 5.84 Å². The Morgan fingerprint density at radius 3 is 2.79 bits per heavy atom. The fourth-order valence-corrected chi connectivity index (χ4v) is 1.77. The van der Waals surface area contributed by atoms with Crippen LogP contribution in [-0.4, -0.2) is 23.4 Å². The van der Waals surface area contributed by atoms with Crippen molar-refractivity contribution in [2.45, 2.75) is 26.3 Å². The van der Waals surface area contributed by atoms with Gasteiger partial charge in [-0.2, -0.15) is 5.26 Å². The Hall–Kier alpha value is -2.13. The van der Waals surface area contributed by atoms with E-state index >= 15 is 0 Å². The number of nitrogens with two attached hydrogens (primary N) is 1. The number of hydrazine groups is 1. The zero-order chi connectivity index (χ0) is 14.4. The predicted octanol–water partition coefficient (Wildman–Crippen LogP) is 1.88. The standard InChI is InChI=1S/C13H17FN4O/c1-9(2)18(8-4-7-15)13(19)10-5-3-6-11(14)12(10)17-16/h3,5-6,9,17H,4,8,16H2,1-2H3. The second-order valence-corrected chi connectivity index (χ2v) is 4.31. The van der Waals surface area contributed by atoms with Gasteiger partial charge in [0.2, 0.25) is 0 Å². The second kappa shape index (κ2) is 6.71. The molecule has 0 unspecified atom stereocenters. The summed E-state index contributed by atoms with van der Waals surface area (Å²) in [6, 6.07) is 6.08. The fraction of sp³-hybridized carbons (Fsp3) is 0.385. The lowest BCUT2D eigenvalue weighted by atomic mass is 10.1. The van der Waals surface area contributed by atoms with Crippen molar-refractivity contribution < 1.29 is 9.18 Å². The van der Waals surface area contributed by atoms with Gasteiger partial charge in [-0.15, -0.1) is 0 Å². The van der Waals surface area contributed by atoms with Crippen LogP contribution in [0.4, 0.5) is 10.1 Å². The lowest BCUT2D eigenvalue weighted by molar-refractivity contribution is 0.0711. The van der Waals surface area contributed by atoms with E-state index in [0.717, 1.165) is 0 Å². The van der Waals surface area contributed by atoms with E-state index < -0.39 is 5.82 Å². The van der Waals surface area contributed by atoms with Crippen molar-refractivity contribution in [3.05, 3.63) is 29.6 Å². The molecule has 5 nitrogen and oxygen atoms in total. The monoisotopic (exact) mass is 264 g/mol. The largest absolute Gasteiger partial charge is 0.335 e. The Labute approximate surface area is 111 Å². The SMILES string of the molecule is CC(C)N(CCC#N)C(=O)c1cccc(F)c1NN. The highest BCUT2D eigenvalue weighted by Gasteiger charge is 2.22. The van der Waals surface area contributed by atoms with Gasteiger partial charge in [-0.1, -0.05) is 6.07 Å². The molecule has 0 fully saturated rings. The summed E-state index contributed by atoms with van der Waals surface area (Å²) in [6.45, 7) is 3.97. The Balaban J connectivity index is 3.10. The van der Waals surface area contributed by atoms with Gasteiger partial charge in [0.05, 0.1) is 23.7 Å². The first-order chi connectivity index (χ1) is 9.02. The molecule has 0 aromatic heterocycles. The summed E-state index contributed by atoms with van der Waals surface area (Å²) in [4.78, 5) is 13.9. The number of nitrogen functional groups attached to an aromatic ring is 1. The lowest BCUT2D eigenvalue weighted by Gasteiger charge is -2.26. The summed E-state index contributed by atoms with van der Waals surface area (Å²) < 4.78 is 13.6. The zero-order valence-electron chi connectivity index (χ0n) is 11.0. The molecule has 3 N–H and O–H groups in total. The quantitative estimate of drug-likeness (QED) is 0.628. The second-order valence-electron chi connectivity index (χ2n) is 4.31. The van der Waals surface area contributed by atoms with Gasteiger partial charge < -0.3 is 10.3 Å². The average Bonchev–Trinajstić information content (AvgIpc) is 2.38. The molecule has 0 aliphatic heterocycles. The molecule has 1 rings (SSSR count). The Kier molecular flexibility index (Phi) is 5.27. The van der Waals surface area contributed by atoms with Crippen LogP contribution in [0.25, 0.3) is 0 Å². The van der Waals surface area contributed by atoms with Crippen LogP contribution in [0, 0.1) is 17.1 Å². The molecule has 0 bridgehead atoms. The molecule has 0 saturated heterocycles. The van der Waals surface area contributed by atoms with Crippen LogP contribution in [0.1, 0.15) is 30.6 Å². The van der Waals surface area contributed by atoms with Crippen LogP contribution in [0.3, 0.4) is 0 Å². The molecule has 0 spiro atoms. The third kappa shape index (κ3) is 3.42. The highest BCUT2D eigenvalue weighted by atomic mass is 19.1. The van der Waals surface area contributed by atoms with Gasteiger partial charge in [0, 0.05) is 12.6 Å². The molecule has 0 saturated carbocycles. The topological polar surface area (TPSA) is 82.2 Å². The van der Waals surface area contributed by atoms with Crippen molar-refractivity contribution in [1.29, 1.82) is 5.26 Å². The number of nitrogens with zero attached hydrogens (tertiary/aromatic N) is 2. The molecule has 0 radical (unpaired) electrons. The van der Waals surface area contributed by atoms with E-state index in [1.807, 2.05) is 19.9 Å². The minimum absolute atomic E-state index is 0.0323. The summed E-state index contributed by atoms with van der Waals surface area (Å²) in [6.07, 6.45) is 0.227. The normalized spacial score (nSPS) is 10.1. The van der Waals surface area contributed by atoms with E-state index in [1.54, 1.807) is 0 Å². The van der Waals surface area contributed by atoms with E-state index in [0.29, 0.717) is 6.54 Å². The first-order valence-electron chi connectivity index (χ1n) is 5.96. The van der Waals surface area contributed by atoms with Gasteiger partial charge in [0.25, 0.3) is 5.91 Å². The van der Waals surface area contributed by atoms with Crippen molar-refractivity contribution in [3.8, 4) is 6.07 Å². The lowest BCUT2D eigenvalue weighted by Crippen LogP contribution is -2.38. The maximum absolute atomic E-state index is 13.6. The number of hydrogen-bond acceptors (Lipinski definition) is 4. The Morgan fingerprint density at radius 1 is 1.58 bits per heavy atom. The van der Waals surface area contributed by atoms with Crippen molar-refractivity contribution >= 4 is 11.6 Å². The number of para-hydroxylation sites is 1. The number of rotatable bonds is 5. The molecule has 6 heteroatoms. The predicted molar refractivity (Wildman–Crippen MR) is 70.6 cm³/mol. The number of benzene rings is 1. The fourth-order valence-electron chi connectivity index (χ4n) is 1.77. The van der Waals surface area contributed by atoms with Gasteiger partial charge in [0.1, 0.15) is 5.82 Å². The highest BCUT2D eigenvalue weighted by Crippen LogP contribution is 2.21. The smallest absolute Gasteiger partial charge is 0.256 e. The van der Waals surface area contributed by atoms with Crippen LogP contribution >= 0.6 is 0 Å². The van der Waals surface area contributed by atoms with Crippen molar-refractivity contribution in [2.75, 3.05) is 12.0 Å². The third-order valence-electron chi connectivity index (χ3n) is 2.74. The maximum atomic E-state index is 13.6. The van der Waals surface area contributed by atoms with Gasteiger partial charge in [-0.3, -0.25) is 10.6 Å². The minimum Gasteiger partial charge on any atom is -0.335 e. The number of nitrogens with one attached hydrogen (secondary N) is 1.